The highest BCUT2D eigenvalue weighted by atomic mass is 35.5. The summed E-state index contributed by atoms with van der Waals surface area (Å²) < 4.78 is 120. The zero-order valence-corrected chi connectivity index (χ0v) is 19.8. The maximum absolute atomic E-state index is 14.1. The summed E-state index contributed by atoms with van der Waals surface area (Å²) in [6.07, 6.45) is -13.4. The third-order valence-electron chi connectivity index (χ3n) is 5.44. The maximum Gasteiger partial charge on any atom is 0.419 e. The molecule has 5 nitrogen and oxygen atoms in total. The number of nitrogens with one attached hydrogen (secondary N) is 2. The predicted octanol–water partition coefficient (Wildman–Crippen LogP) is 6.74. The molecule has 0 aliphatic heterocycles. The lowest BCUT2D eigenvalue weighted by molar-refractivity contribution is -0.179. The molecule has 1 aromatic heterocycles. The number of aromatic amines is 1. The number of fused-ring (bicyclic) bond motifs is 1. The van der Waals surface area contributed by atoms with Crippen LogP contribution in [-0.4, -0.2) is 47.4 Å². The zero-order chi connectivity index (χ0) is 28.6. The van der Waals surface area contributed by atoms with Crippen molar-refractivity contribution in [3.8, 4) is 0 Å². The van der Waals surface area contributed by atoms with E-state index in [0.29, 0.717) is 6.07 Å². The van der Waals surface area contributed by atoms with E-state index in [0.717, 1.165) is 25.1 Å². The van der Waals surface area contributed by atoms with Gasteiger partial charge in [0.15, 0.2) is 6.04 Å². The van der Waals surface area contributed by atoms with Crippen LogP contribution >= 0.6 is 11.6 Å². The van der Waals surface area contributed by atoms with E-state index >= 15 is 0 Å². The Kier molecular flexibility index (Phi) is 8.24. The molecule has 1 atom stereocenters. The van der Waals surface area contributed by atoms with E-state index in [-0.39, 0.29) is 38.5 Å². The maximum atomic E-state index is 14.1. The summed E-state index contributed by atoms with van der Waals surface area (Å²) in [5, 5.41) is 1.84. The van der Waals surface area contributed by atoms with Gasteiger partial charge in [0, 0.05) is 17.4 Å². The van der Waals surface area contributed by atoms with Crippen LogP contribution in [0.5, 0.6) is 0 Å². The van der Waals surface area contributed by atoms with E-state index in [1.54, 1.807) is 0 Å². The third kappa shape index (κ3) is 6.17. The molecule has 2 amide bonds. The lowest BCUT2D eigenvalue weighted by Gasteiger charge is -2.32. The van der Waals surface area contributed by atoms with Gasteiger partial charge in [-0.3, -0.25) is 9.59 Å². The molecule has 0 radical (unpaired) electrons. The second kappa shape index (κ2) is 10.8. The van der Waals surface area contributed by atoms with Crippen LogP contribution in [0.4, 0.5) is 39.5 Å². The lowest BCUT2D eigenvalue weighted by atomic mass is 10.0. The minimum atomic E-state index is -5.28. The molecule has 0 saturated heterocycles. The molecule has 1 unspecified atom stereocenters. The van der Waals surface area contributed by atoms with Gasteiger partial charge in [0.05, 0.1) is 22.7 Å². The van der Waals surface area contributed by atoms with Gasteiger partial charge in [0.2, 0.25) is 0 Å². The minimum absolute atomic E-state index is 0.00129. The van der Waals surface area contributed by atoms with Gasteiger partial charge in [0.1, 0.15) is 11.5 Å². The summed E-state index contributed by atoms with van der Waals surface area (Å²) in [6, 6.07) is 1.22. The van der Waals surface area contributed by atoms with Crippen LogP contribution in [-0.2, 0) is 6.18 Å². The van der Waals surface area contributed by atoms with Crippen molar-refractivity contribution in [2.45, 2.75) is 31.7 Å². The molecule has 0 bridgehead atoms. The Bertz CT molecular complexity index is 1350. The summed E-state index contributed by atoms with van der Waals surface area (Å²) in [5.41, 5.74) is -3.52. The van der Waals surface area contributed by atoms with Crippen molar-refractivity contribution in [3.05, 3.63) is 69.6 Å². The fraction of sp³-hybridized carbons (Fsp3) is 0.304. The van der Waals surface area contributed by atoms with Crippen LogP contribution in [0.1, 0.15) is 44.9 Å². The molecule has 1 heterocycles. The van der Waals surface area contributed by atoms with Gasteiger partial charge in [-0.1, -0.05) is 17.7 Å². The first-order valence-corrected chi connectivity index (χ1v) is 11.0. The van der Waals surface area contributed by atoms with Gasteiger partial charge in [-0.2, -0.15) is 26.3 Å². The van der Waals surface area contributed by atoms with Crippen LogP contribution in [0, 0.1) is 5.82 Å². The number of carbonyl (C=O) groups excluding carboxylic acids is 2. The predicted molar refractivity (Wildman–Crippen MR) is 119 cm³/mol. The molecular weight excluding hydrogens is 557 g/mol. The number of carbonyl (C=O) groups is 2. The van der Waals surface area contributed by atoms with Gasteiger partial charge < -0.3 is 15.2 Å². The summed E-state index contributed by atoms with van der Waals surface area (Å²) in [5.74, 6) is -4.02. The normalized spacial score (nSPS) is 13.2. The molecule has 0 saturated carbocycles. The molecule has 2 N–H and O–H groups in total. The average molecular weight is 574 g/mol. The highest BCUT2D eigenvalue weighted by molar-refractivity contribution is 6.34. The highest BCUT2D eigenvalue weighted by Crippen LogP contribution is 2.41. The quantitative estimate of drug-likeness (QED) is 0.308. The van der Waals surface area contributed by atoms with Crippen molar-refractivity contribution in [2.75, 3.05) is 13.1 Å². The first-order chi connectivity index (χ1) is 17.5. The highest BCUT2D eigenvalue weighted by Gasteiger charge is 2.47. The average Bonchev–Trinajstić information content (AvgIpc) is 3.21. The second-order valence-corrected chi connectivity index (χ2v) is 8.38. The van der Waals surface area contributed by atoms with Crippen molar-refractivity contribution >= 4 is 34.3 Å². The number of nitrogens with zero attached hydrogens (tertiary/aromatic N) is 1. The second-order valence-electron chi connectivity index (χ2n) is 7.98. The van der Waals surface area contributed by atoms with Crippen LogP contribution in [0.3, 0.4) is 0 Å². The number of benzene rings is 2. The van der Waals surface area contributed by atoms with E-state index in [9.17, 15) is 49.1 Å². The summed E-state index contributed by atoms with van der Waals surface area (Å²) in [4.78, 5) is 28.1. The fourth-order valence-corrected chi connectivity index (χ4v) is 4.03. The molecule has 3 aromatic rings. The van der Waals surface area contributed by atoms with Crippen molar-refractivity contribution < 1.29 is 49.1 Å². The van der Waals surface area contributed by atoms with Crippen molar-refractivity contribution in [1.82, 2.24) is 15.2 Å². The molecule has 0 spiro atoms. The Labute approximate surface area is 213 Å². The van der Waals surface area contributed by atoms with E-state index < -0.39 is 72.4 Å². The third-order valence-corrected chi connectivity index (χ3v) is 5.75. The van der Waals surface area contributed by atoms with E-state index in [2.05, 4.69) is 4.98 Å². The molecule has 0 aliphatic rings. The smallest absolute Gasteiger partial charge is 0.350 e. The summed E-state index contributed by atoms with van der Waals surface area (Å²) in [7, 11) is 0. The fourth-order valence-electron chi connectivity index (χ4n) is 3.78. The molecule has 0 aliphatic carbocycles. The SMILES string of the molecule is CCN(C(=O)c1cc2cc(C(=O)NCC(F)F)c(Cl)cc2[nH]1)C(c1ccc(F)c(C(F)(F)F)c1)C(F)(F)F. The van der Waals surface area contributed by atoms with Crippen molar-refractivity contribution in [2.24, 2.45) is 0 Å². The molecular formula is C23H17ClF9N3O2. The number of hydrogen-bond acceptors (Lipinski definition) is 2. The number of halogens is 10. The van der Waals surface area contributed by atoms with Crippen LogP contribution in [0.25, 0.3) is 10.9 Å². The number of aromatic nitrogens is 1. The molecule has 0 fully saturated rings. The summed E-state index contributed by atoms with van der Waals surface area (Å²) in [6.45, 7) is -0.414. The van der Waals surface area contributed by atoms with Gasteiger partial charge in [0.25, 0.3) is 18.2 Å². The standard InChI is InChI=1S/C23H17ClF9N3O2/c1-2-36(19(23(31,32)33)10-3-4-15(25)13(6-10)22(28,29)30)21(38)17-7-11-5-12(14(24)8-16(11)35-17)20(37)34-9-18(26)27/h3-8,18-19,35H,2,9H2,1H3,(H,34,37). The Morgan fingerprint density at radius 1 is 1.05 bits per heavy atom. The van der Waals surface area contributed by atoms with Crippen molar-refractivity contribution in [1.29, 1.82) is 0 Å². The molecule has 206 valence electrons. The Morgan fingerprint density at radius 2 is 1.71 bits per heavy atom. The lowest BCUT2D eigenvalue weighted by Crippen LogP contribution is -2.42. The van der Waals surface area contributed by atoms with E-state index in [1.807, 2.05) is 5.32 Å². The van der Waals surface area contributed by atoms with Gasteiger partial charge in [-0.05, 0) is 42.8 Å². The van der Waals surface area contributed by atoms with Crippen LogP contribution in [0.2, 0.25) is 5.02 Å². The minimum Gasteiger partial charge on any atom is -0.350 e. The first kappa shape index (κ1) is 29.1. The van der Waals surface area contributed by atoms with E-state index in [4.69, 9.17) is 11.6 Å². The monoisotopic (exact) mass is 573 g/mol. The van der Waals surface area contributed by atoms with E-state index in [1.165, 1.54) is 0 Å². The summed E-state index contributed by atoms with van der Waals surface area (Å²) >= 11 is 6.01. The first-order valence-electron chi connectivity index (χ1n) is 10.7. The van der Waals surface area contributed by atoms with Gasteiger partial charge in [-0.15, -0.1) is 0 Å². The molecule has 38 heavy (non-hydrogen) atoms. The molecule has 2 aromatic carbocycles. The van der Waals surface area contributed by atoms with Gasteiger partial charge >= 0.3 is 12.4 Å². The Balaban J connectivity index is 2.03. The zero-order valence-electron chi connectivity index (χ0n) is 19.1. The van der Waals surface area contributed by atoms with Crippen LogP contribution < -0.4 is 5.32 Å². The Hall–Kier alpha value is -3.42. The number of hydrogen-bond donors (Lipinski definition) is 2. The largest absolute Gasteiger partial charge is 0.419 e. The number of amides is 2. The van der Waals surface area contributed by atoms with Crippen molar-refractivity contribution in [3.63, 3.8) is 0 Å². The number of H-pyrrole nitrogens is 1. The topological polar surface area (TPSA) is 65.2 Å². The molecule has 15 heteroatoms. The Morgan fingerprint density at radius 3 is 2.26 bits per heavy atom. The van der Waals surface area contributed by atoms with Gasteiger partial charge in [-0.25, -0.2) is 13.2 Å². The molecule has 3 rings (SSSR count). The van der Waals surface area contributed by atoms with Crippen LogP contribution in [0.15, 0.2) is 36.4 Å². The number of rotatable bonds is 7. The number of alkyl halides is 8.